The molecule has 0 bridgehead atoms. The first-order valence-electron chi connectivity index (χ1n) is 16.0. The van der Waals surface area contributed by atoms with Gasteiger partial charge in [-0.05, 0) is 46.5 Å². The number of benzene rings is 5. The number of para-hydroxylation sites is 2. The molecule has 5 aromatic rings. The maximum absolute atomic E-state index is 15.1. The van der Waals surface area contributed by atoms with E-state index < -0.39 is 35.5 Å². The van der Waals surface area contributed by atoms with E-state index in [1.807, 2.05) is 126 Å². The van der Waals surface area contributed by atoms with Gasteiger partial charge in [-0.2, -0.15) is 0 Å². The van der Waals surface area contributed by atoms with Crippen LogP contribution in [0, 0.1) is 5.92 Å². The molecule has 0 aliphatic carbocycles. The summed E-state index contributed by atoms with van der Waals surface area (Å²) in [5.74, 6) is -1.94. The van der Waals surface area contributed by atoms with Gasteiger partial charge in [-0.1, -0.05) is 121 Å². The van der Waals surface area contributed by atoms with Crippen LogP contribution in [-0.2, 0) is 19.7 Å². The lowest BCUT2D eigenvalue weighted by atomic mass is 9.64. The zero-order valence-electron chi connectivity index (χ0n) is 26.2. The number of hydrogen-bond donors (Lipinski definition) is 1. The minimum absolute atomic E-state index is 0.332. The Morgan fingerprint density at radius 3 is 2.19 bits per heavy atom. The van der Waals surface area contributed by atoms with Crippen molar-refractivity contribution in [1.29, 1.82) is 0 Å². The number of nitrogens with one attached hydrogen (secondary N) is 1. The number of hydrogen-bond acceptors (Lipinski definition) is 6. The highest BCUT2D eigenvalue weighted by Gasteiger charge is 2.71. The largest absolute Gasteiger partial charge is 0.497 e. The molecule has 0 unspecified atom stereocenters. The average Bonchev–Trinajstić information content (AvgIpc) is 3.63. The molecule has 1 N–H and O–H groups in total. The third-order valence-electron chi connectivity index (χ3n) is 9.86. The molecular weight excluding hydrogens is 600 g/mol. The fraction of sp³-hybridized carbons (Fsp3) is 0.146. The smallest absolute Gasteiger partial charge is 0.330 e. The van der Waals surface area contributed by atoms with Crippen LogP contribution in [0.25, 0.3) is 6.08 Å². The molecule has 8 rings (SSSR count). The minimum Gasteiger partial charge on any atom is -0.497 e. The molecule has 1 saturated heterocycles. The van der Waals surface area contributed by atoms with Crippen molar-refractivity contribution in [2.75, 3.05) is 17.3 Å². The summed E-state index contributed by atoms with van der Waals surface area (Å²) in [7, 11) is 1.54. The van der Waals surface area contributed by atoms with Gasteiger partial charge in [-0.3, -0.25) is 9.59 Å². The Bertz CT molecular complexity index is 2040. The van der Waals surface area contributed by atoms with Crippen LogP contribution < -0.4 is 15.0 Å². The number of carbonyl (C=O) groups excluding carboxylic acids is 3. The van der Waals surface area contributed by atoms with Crippen molar-refractivity contribution in [3.05, 3.63) is 167 Å². The molecule has 3 aliphatic heterocycles. The summed E-state index contributed by atoms with van der Waals surface area (Å²) in [6.07, 6.45) is 3.18. The SMILES string of the molecule is COc1cccc(C(=O)[C@H]2[C@@H](C(=O)OC(c3ccccc3)c3ccccc3)N3c4ccccc4C=C[C@@H]3[C@]23C(=O)Nc2ccccc23)c1. The fourth-order valence-electron chi connectivity index (χ4n) is 7.82. The van der Waals surface area contributed by atoms with Crippen molar-refractivity contribution < 1.29 is 23.9 Å². The second-order valence-corrected chi connectivity index (χ2v) is 12.3. The van der Waals surface area contributed by atoms with Gasteiger partial charge in [-0.15, -0.1) is 0 Å². The second-order valence-electron chi connectivity index (χ2n) is 12.3. The number of nitrogens with zero attached hydrogens (tertiary/aromatic N) is 1. The number of ketones is 1. The number of rotatable bonds is 7. The number of esters is 1. The van der Waals surface area contributed by atoms with Crippen LogP contribution >= 0.6 is 0 Å². The first kappa shape index (κ1) is 29.5. The molecule has 1 spiro atoms. The van der Waals surface area contributed by atoms with Gasteiger partial charge < -0.3 is 19.7 Å². The predicted octanol–water partition coefficient (Wildman–Crippen LogP) is 7.00. The lowest BCUT2D eigenvalue weighted by molar-refractivity contribution is -0.150. The van der Waals surface area contributed by atoms with Crippen molar-refractivity contribution in [1.82, 2.24) is 0 Å². The van der Waals surface area contributed by atoms with Crippen LogP contribution in [0.2, 0.25) is 0 Å². The number of anilines is 2. The van der Waals surface area contributed by atoms with Gasteiger partial charge in [0.25, 0.3) is 0 Å². The van der Waals surface area contributed by atoms with E-state index in [4.69, 9.17) is 9.47 Å². The molecule has 48 heavy (non-hydrogen) atoms. The fourth-order valence-corrected chi connectivity index (χ4v) is 7.82. The monoisotopic (exact) mass is 632 g/mol. The average molecular weight is 633 g/mol. The first-order valence-corrected chi connectivity index (χ1v) is 16.0. The van der Waals surface area contributed by atoms with Crippen LogP contribution in [0.5, 0.6) is 5.75 Å². The Morgan fingerprint density at radius 1 is 0.792 bits per heavy atom. The van der Waals surface area contributed by atoms with Gasteiger partial charge in [0.1, 0.15) is 17.2 Å². The Labute approximate surface area is 278 Å². The number of carbonyl (C=O) groups is 3. The van der Waals surface area contributed by atoms with Gasteiger partial charge >= 0.3 is 5.97 Å². The van der Waals surface area contributed by atoms with Crippen LogP contribution in [0.1, 0.15) is 38.7 Å². The summed E-state index contributed by atoms with van der Waals surface area (Å²) < 4.78 is 12.0. The normalized spacial score (nSPS) is 21.8. The van der Waals surface area contributed by atoms with Crippen LogP contribution in [0.4, 0.5) is 11.4 Å². The second kappa shape index (κ2) is 11.7. The molecule has 0 aromatic heterocycles. The summed E-state index contributed by atoms with van der Waals surface area (Å²) in [4.78, 5) is 46.8. The zero-order chi connectivity index (χ0) is 32.8. The number of amides is 1. The number of Topliss-reactive ketones (excluding diaryl/α,β-unsaturated/α-hetero) is 1. The molecule has 3 aliphatic rings. The van der Waals surface area contributed by atoms with Crippen molar-refractivity contribution in [3.63, 3.8) is 0 Å². The molecule has 0 saturated carbocycles. The summed E-state index contributed by atoms with van der Waals surface area (Å²) in [6, 6.07) is 39.3. The summed E-state index contributed by atoms with van der Waals surface area (Å²) >= 11 is 0. The van der Waals surface area contributed by atoms with Crippen LogP contribution in [0.15, 0.2) is 140 Å². The van der Waals surface area contributed by atoms with Gasteiger partial charge in [0.05, 0.1) is 19.1 Å². The van der Waals surface area contributed by atoms with E-state index in [2.05, 4.69) is 5.32 Å². The van der Waals surface area contributed by atoms with E-state index in [1.165, 1.54) is 7.11 Å². The summed E-state index contributed by atoms with van der Waals surface area (Å²) in [5.41, 5.74) is 3.41. The van der Waals surface area contributed by atoms with Crippen molar-refractivity contribution in [2.45, 2.75) is 23.6 Å². The topological polar surface area (TPSA) is 84.9 Å². The van der Waals surface area contributed by atoms with E-state index in [-0.39, 0.29) is 11.7 Å². The standard InChI is InChI=1S/C41H32N2O5/c1-47-30-19-12-18-29(25-30)37(44)35-36(39(45)48-38(27-14-4-2-5-15-27)28-16-6-3-7-17-28)43-33-22-11-8-13-26(33)23-24-34(43)41(35)31-20-9-10-21-32(31)42-40(41)46/h2-25,34-36,38H,1H3,(H,42,46)/t34-,35-,36+,41+/m1/s1. The highest BCUT2D eigenvalue weighted by Crippen LogP contribution is 2.58. The quantitative estimate of drug-likeness (QED) is 0.154. The van der Waals surface area contributed by atoms with E-state index >= 15 is 9.59 Å². The Balaban J connectivity index is 1.36. The highest BCUT2D eigenvalue weighted by atomic mass is 16.5. The van der Waals surface area contributed by atoms with E-state index in [1.54, 1.807) is 24.3 Å². The van der Waals surface area contributed by atoms with Gasteiger partial charge in [0.15, 0.2) is 11.9 Å². The molecule has 7 nitrogen and oxygen atoms in total. The molecule has 1 amide bonds. The lowest BCUT2D eigenvalue weighted by Gasteiger charge is -2.37. The van der Waals surface area contributed by atoms with Gasteiger partial charge in [0.2, 0.25) is 5.91 Å². The Hall–Kier alpha value is -5.95. The van der Waals surface area contributed by atoms with Crippen LogP contribution in [-0.4, -0.2) is 36.9 Å². The molecule has 0 radical (unpaired) electrons. The predicted molar refractivity (Wildman–Crippen MR) is 184 cm³/mol. The molecular formula is C41H32N2O5. The highest BCUT2D eigenvalue weighted by molar-refractivity contribution is 6.16. The zero-order valence-corrected chi connectivity index (χ0v) is 26.2. The third-order valence-corrected chi connectivity index (χ3v) is 9.86. The molecule has 236 valence electrons. The lowest BCUT2D eigenvalue weighted by Crippen LogP contribution is -2.51. The maximum atomic E-state index is 15.1. The van der Waals surface area contributed by atoms with Crippen molar-refractivity contribution >= 4 is 35.1 Å². The number of fused-ring (bicyclic) bond motifs is 6. The van der Waals surface area contributed by atoms with Crippen LogP contribution in [0.3, 0.4) is 0 Å². The first-order chi connectivity index (χ1) is 23.5. The third kappa shape index (κ3) is 4.46. The molecule has 4 atom stereocenters. The van der Waals surface area contributed by atoms with E-state index in [0.717, 1.165) is 22.4 Å². The molecule has 5 aromatic carbocycles. The Kier molecular flexibility index (Phi) is 7.17. The van der Waals surface area contributed by atoms with Crippen molar-refractivity contribution in [3.8, 4) is 5.75 Å². The Morgan fingerprint density at radius 2 is 1.46 bits per heavy atom. The van der Waals surface area contributed by atoms with E-state index in [0.29, 0.717) is 22.6 Å². The maximum Gasteiger partial charge on any atom is 0.330 e. The van der Waals surface area contributed by atoms with Gasteiger partial charge in [0, 0.05) is 16.9 Å². The summed E-state index contributed by atoms with van der Waals surface area (Å²) in [5, 5.41) is 3.07. The van der Waals surface area contributed by atoms with Gasteiger partial charge in [-0.25, -0.2) is 4.79 Å². The molecule has 1 fully saturated rings. The number of ether oxygens (including phenoxy) is 2. The van der Waals surface area contributed by atoms with Crippen molar-refractivity contribution in [2.24, 2.45) is 5.92 Å². The minimum atomic E-state index is -1.44. The molecule has 3 heterocycles. The number of methoxy groups -OCH3 is 1. The summed E-state index contributed by atoms with van der Waals surface area (Å²) in [6.45, 7) is 0. The molecule has 7 heteroatoms. The van der Waals surface area contributed by atoms with E-state index in [9.17, 15) is 4.79 Å².